The van der Waals surface area contributed by atoms with Crippen LogP contribution in [0, 0.1) is 17.8 Å². The van der Waals surface area contributed by atoms with Crippen LogP contribution in [0.25, 0.3) is 53.4 Å². The molecule has 18 rings (SSSR count). The van der Waals surface area contributed by atoms with Gasteiger partial charge in [-0.15, -0.1) is 11.3 Å². The standard InChI is InChI=1S/C76H62BN3OS/c1-75(2,3)63-32-18-31-60-61-40-65-68(43-72(61)82-74(60)63)80(58-30-17-24-54(37-58)52-21-10-5-11-22-52)70-39-59(78(55-25-12-6-13-26-55)56-27-14-7-15-28-56)38-69-73(70)77(65)66-42-71-62(64(47-81-71)76-44-48-33-49(45-76)35-50(34-48)46-76)41-67(66)79(69)57-29-16-23-53(36-57)51-19-8-4-9-20-51/h4-32,36-43,47-50H,33-35,44-46H2,1-3H3/i4D,5D,8D,9D,10D,11D,16D,17D,19D,20D,21D,22D,23D,24D,29D,30D,36D,37D,38D,39D. The summed E-state index contributed by atoms with van der Waals surface area (Å²) in [5.74, 6) is 1.48. The second-order valence-corrected chi connectivity index (χ2v) is 25.0. The third kappa shape index (κ3) is 7.49. The third-order valence-corrected chi connectivity index (χ3v) is 19.2. The summed E-state index contributed by atoms with van der Waals surface area (Å²) in [6, 6.07) is 17.3. The lowest BCUT2D eigenvalue weighted by Crippen LogP contribution is -2.61. The van der Waals surface area contributed by atoms with Crippen LogP contribution in [0.3, 0.4) is 0 Å². The zero-order chi connectivity index (χ0) is 71.8. The van der Waals surface area contributed by atoms with E-state index >= 15 is 0 Å². The molecular weight excluding hydrogens is 1010 g/mol. The van der Waals surface area contributed by atoms with Gasteiger partial charge in [-0.05, 0) is 195 Å². The van der Waals surface area contributed by atoms with Crippen molar-refractivity contribution in [3.63, 3.8) is 0 Å². The van der Waals surface area contributed by atoms with Crippen LogP contribution < -0.4 is 31.1 Å². The average Bonchev–Trinajstić information content (AvgIpc) is 0.871. The molecule has 4 heterocycles. The minimum Gasteiger partial charge on any atom is -0.464 e. The molecule has 6 aliphatic rings. The van der Waals surface area contributed by atoms with Crippen molar-refractivity contribution in [3.8, 4) is 22.3 Å². The summed E-state index contributed by atoms with van der Waals surface area (Å²) in [6.07, 6.45) is 8.03. The number of hydrogen-bond acceptors (Lipinski definition) is 5. The van der Waals surface area contributed by atoms with Crippen molar-refractivity contribution in [2.75, 3.05) is 14.7 Å². The number of furan rings is 1. The van der Waals surface area contributed by atoms with E-state index in [2.05, 4.69) is 26.8 Å². The zero-order valence-corrected chi connectivity index (χ0v) is 45.9. The summed E-state index contributed by atoms with van der Waals surface area (Å²) < 4.78 is 202. The highest BCUT2D eigenvalue weighted by atomic mass is 32.1. The van der Waals surface area contributed by atoms with Gasteiger partial charge in [0, 0.05) is 71.2 Å². The first-order chi connectivity index (χ1) is 48.5. The number of para-hydroxylation sites is 2. The molecule has 0 saturated heterocycles. The maximum absolute atomic E-state index is 11.4. The van der Waals surface area contributed by atoms with Crippen molar-refractivity contribution < 1.29 is 31.8 Å². The number of benzene rings is 10. The number of anilines is 9. The highest BCUT2D eigenvalue weighted by Gasteiger charge is 2.53. The van der Waals surface area contributed by atoms with Gasteiger partial charge in [0.15, 0.2) is 0 Å². The largest absolute Gasteiger partial charge is 0.464 e. The zero-order valence-electron chi connectivity index (χ0n) is 65.1. The van der Waals surface area contributed by atoms with Gasteiger partial charge in [0.1, 0.15) is 5.58 Å². The van der Waals surface area contributed by atoms with Crippen LogP contribution in [-0.2, 0) is 10.8 Å². The van der Waals surface area contributed by atoms with Gasteiger partial charge in [-0.25, -0.2) is 0 Å². The van der Waals surface area contributed by atoms with E-state index in [1.165, 1.54) is 21.1 Å². The molecule has 12 aromatic rings. The molecule has 0 atom stereocenters. The fraction of sp³-hybridized carbons (Fsp3) is 0.184. The molecule has 2 aromatic heterocycles. The topological polar surface area (TPSA) is 22.9 Å². The SMILES string of the molecule is [2H]c1c([2H])c([2H])c(-c2c([2H])c([2H])c([2H])c(N3c4cc5sc6c(C(C)(C)C)cccc6c5cc4B4c5cc6occ(C78CC9CC(CC(C9)C7)C8)c6cc5N(c5c([2H])c([2H])c([2H])c(-c6c([2H])c([2H])c([2H])c([2H])c6[2H])c5[2H])c5c([2H])c(N(c6ccccc6)c6ccccc6)c([2H])c3c54)c2[2H])c([2H])c1[2H]. The van der Waals surface area contributed by atoms with Crippen molar-refractivity contribution in [3.05, 3.63) is 241 Å². The Bertz CT molecular complexity index is 5610. The molecule has 4 aliphatic carbocycles. The molecular formula is C76H62BN3OS. The van der Waals surface area contributed by atoms with Crippen LogP contribution in [0.5, 0.6) is 0 Å². The lowest BCUT2D eigenvalue weighted by Gasteiger charge is -2.56. The quantitative estimate of drug-likeness (QED) is 0.141. The van der Waals surface area contributed by atoms with E-state index in [4.69, 9.17) is 12.6 Å². The first-order valence-corrected chi connectivity index (χ1v) is 28.9. The van der Waals surface area contributed by atoms with E-state index in [-0.39, 0.29) is 50.8 Å². The predicted molar refractivity (Wildman–Crippen MR) is 347 cm³/mol. The smallest absolute Gasteiger partial charge is 0.252 e. The Kier molecular flexibility index (Phi) is 7.14. The minimum atomic E-state index is -1.12. The molecule has 6 heteroatoms. The predicted octanol–water partition coefficient (Wildman–Crippen LogP) is 19.5. The first kappa shape index (κ1) is 32.2. The summed E-state index contributed by atoms with van der Waals surface area (Å²) in [6.45, 7) is 5.25. The van der Waals surface area contributed by atoms with Crippen LogP contribution in [0.1, 0.15) is 97.8 Å². The molecule has 396 valence electrons. The molecule has 10 aromatic carbocycles. The molecule has 4 saturated carbocycles. The van der Waals surface area contributed by atoms with Gasteiger partial charge in [0.25, 0.3) is 6.71 Å². The van der Waals surface area contributed by atoms with Crippen LogP contribution in [0.15, 0.2) is 235 Å². The Hall–Kier alpha value is -8.58. The Balaban J connectivity index is 1.10. The number of rotatable bonds is 8. The Morgan fingerprint density at radius 1 is 0.537 bits per heavy atom. The van der Waals surface area contributed by atoms with E-state index in [1.54, 1.807) is 53.4 Å². The first-order valence-electron chi connectivity index (χ1n) is 38.1. The van der Waals surface area contributed by atoms with E-state index in [9.17, 15) is 19.2 Å². The summed E-state index contributed by atoms with van der Waals surface area (Å²) in [4.78, 5) is 4.67. The average molecular weight is 1100 g/mol. The molecule has 0 radical (unpaired) electrons. The molecule has 0 spiro atoms. The Morgan fingerprint density at radius 2 is 1.09 bits per heavy atom. The van der Waals surface area contributed by atoms with Gasteiger partial charge in [-0.2, -0.15) is 0 Å². The van der Waals surface area contributed by atoms with Crippen molar-refractivity contribution in [1.29, 1.82) is 0 Å². The van der Waals surface area contributed by atoms with Crippen molar-refractivity contribution in [2.24, 2.45) is 17.8 Å². The molecule has 4 fully saturated rings. The van der Waals surface area contributed by atoms with Gasteiger partial charge in [-0.3, -0.25) is 0 Å². The van der Waals surface area contributed by atoms with Gasteiger partial charge in [-0.1, -0.05) is 166 Å². The van der Waals surface area contributed by atoms with Crippen molar-refractivity contribution in [2.45, 2.75) is 70.1 Å². The summed E-state index contributed by atoms with van der Waals surface area (Å²) in [7, 11) is 0. The normalized spacial score (nSPS) is 22.9. The molecule has 4 nitrogen and oxygen atoms in total. The molecule has 0 N–H and O–H groups in total. The maximum atomic E-state index is 11.4. The number of hydrogen-bond donors (Lipinski definition) is 0. The second kappa shape index (κ2) is 18.2. The fourth-order valence-electron chi connectivity index (χ4n) is 15.1. The summed E-state index contributed by atoms with van der Waals surface area (Å²) >= 11 is 1.50. The highest BCUT2D eigenvalue weighted by molar-refractivity contribution is 7.26. The lowest BCUT2D eigenvalue weighted by molar-refractivity contribution is -0.00483. The fourth-order valence-corrected chi connectivity index (χ4v) is 16.5. The molecule has 0 unspecified atom stereocenters. The van der Waals surface area contributed by atoms with E-state index < -0.39 is 155 Å². The Labute approximate surface area is 513 Å². The lowest BCUT2D eigenvalue weighted by atomic mass is 9.33. The molecule has 4 bridgehead atoms. The molecule has 0 amide bonds. The molecule has 82 heavy (non-hydrogen) atoms. The van der Waals surface area contributed by atoms with E-state index in [0.717, 1.165) is 69.8 Å². The van der Waals surface area contributed by atoms with Crippen molar-refractivity contribution >= 4 is 117 Å². The van der Waals surface area contributed by atoms with E-state index in [0.29, 0.717) is 51.0 Å². The highest BCUT2D eigenvalue weighted by Crippen LogP contribution is 2.62. The van der Waals surface area contributed by atoms with E-state index in [1.807, 2.05) is 54.8 Å². The van der Waals surface area contributed by atoms with Gasteiger partial charge >= 0.3 is 0 Å². The molecule has 2 aliphatic heterocycles. The van der Waals surface area contributed by atoms with Crippen LogP contribution in [0.2, 0.25) is 0 Å². The van der Waals surface area contributed by atoms with Crippen molar-refractivity contribution in [1.82, 2.24) is 0 Å². The van der Waals surface area contributed by atoms with Crippen LogP contribution in [-0.4, -0.2) is 6.71 Å². The second-order valence-electron chi connectivity index (χ2n) is 24.0. The summed E-state index contributed by atoms with van der Waals surface area (Å²) in [5, 5.41) is 2.37. The summed E-state index contributed by atoms with van der Waals surface area (Å²) in [5.41, 5.74) is 0.668. The third-order valence-electron chi connectivity index (χ3n) is 18.0. The number of nitrogens with zero attached hydrogens (tertiary/aromatic N) is 3. The minimum absolute atomic E-state index is 0.102. The van der Waals surface area contributed by atoms with Gasteiger partial charge < -0.3 is 19.1 Å². The Morgan fingerprint density at radius 3 is 1.66 bits per heavy atom. The van der Waals surface area contributed by atoms with Gasteiger partial charge in [0.05, 0.1) is 39.4 Å². The van der Waals surface area contributed by atoms with Crippen LogP contribution in [0.4, 0.5) is 51.2 Å². The number of thiophene rings is 1. The number of fused-ring (bicyclic) bond motifs is 8. The van der Waals surface area contributed by atoms with Gasteiger partial charge in [0.2, 0.25) is 0 Å². The maximum Gasteiger partial charge on any atom is 0.252 e. The monoisotopic (exact) mass is 1100 g/mol. The van der Waals surface area contributed by atoms with Crippen LogP contribution >= 0.6 is 11.3 Å².